The first-order chi connectivity index (χ1) is 9.88. The molecule has 3 N–H and O–H groups in total. The van der Waals surface area contributed by atoms with E-state index < -0.39 is 0 Å². The second kappa shape index (κ2) is 6.17. The number of benzene rings is 1. The Balaban J connectivity index is 2.06. The van der Waals surface area contributed by atoms with Gasteiger partial charge < -0.3 is 11.2 Å². The summed E-state index contributed by atoms with van der Waals surface area (Å²) in [7, 11) is 0. The van der Waals surface area contributed by atoms with E-state index in [1.54, 1.807) is 6.92 Å². The number of nitrogens with zero attached hydrogens (tertiary/aromatic N) is 3. The zero-order valence-corrected chi connectivity index (χ0v) is 13.4. The van der Waals surface area contributed by atoms with E-state index in [1.807, 2.05) is 39.0 Å². The van der Waals surface area contributed by atoms with E-state index in [0.29, 0.717) is 11.0 Å². The van der Waals surface area contributed by atoms with Gasteiger partial charge in [0.1, 0.15) is 5.82 Å². The third kappa shape index (κ3) is 3.55. The third-order valence-electron chi connectivity index (χ3n) is 3.14. The molecule has 0 bridgehead atoms. The molecule has 1 aromatic carbocycles. The third-order valence-corrected chi connectivity index (χ3v) is 4.19. The van der Waals surface area contributed by atoms with Gasteiger partial charge in [0.05, 0.1) is 5.25 Å². The minimum atomic E-state index is -0.323. The van der Waals surface area contributed by atoms with Crippen LogP contribution in [0.15, 0.2) is 23.4 Å². The van der Waals surface area contributed by atoms with Crippen molar-refractivity contribution in [3.05, 3.63) is 35.2 Å². The summed E-state index contributed by atoms with van der Waals surface area (Å²) < 4.78 is 1.38. The van der Waals surface area contributed by atoms with Gasteiger partial charge in [-0.3, -0.25) is 4.79 Å². The number of nitrogen functional groups attached to an aromatic ring is 1. The number of hydrogen-bond acceptors (Lipinski definition) is 5. The van der Waals surface area contributed by atoms with Crippen LogP contribution in [0.1, 0.15) is 23.9 Å². The number of rotatable bonds is 4. The van der Waals surface area contributed by atoms with Crippen LogP contribution in [0.4, 0.5) is 5.69 Å². The van der Waals surface area contributed by atoms with E-state index in [1.165, 1.54) is 16.4 Å². The van der Waals surface area contributed by atoms with Gasteiger partial charge in [-0.25, -0.2) is 4.68 Å². The van der Waals surface area contributed by atoms with Gasteiger partial charge in [0.15, 0.2) is 0 Å². The van der Waals surface area contributed by atoms with Crippen molar-refractivity contribution in [2.24, 2.45) is 0 Å². The van der Waals surface area contributed by atoms with E-state index in [0.717, 1.165) is 16.8 Å². The number of anilines is 1. The van der Waals surface area contributed by atoms with Crippen molar-refractivity contribution in [1.29, 1.82) is 0 Å². The summed E-state index contributed by atoms with van der Waals surface area (Å²) in [5.74, 6) is 6.31. The van der Waals surface area contributed by atoms with Crippen molar-refractivity contribution >= 4 is 23.4 Å². The monoisotopic (exact) mass is 305 g/mol. The molecule has 0 radical (unpaired) electrons. The lowest BCUT2D eigenvalue weighted by Crippen LogP contribution is -2.24. The van der Waals surface area contributed by atoms with Crippen molar-refractivity contribution in [3.8, 4) is 0 Å². The number of thioether (sulfide) groups is 1. The van der Waals surface area contributed by atoms with Crippen LogP contribution in [0.5, 0.6) is 0 Å². The highest BCUT2D eigenvalue weighted by atomic mass is 32.2. The molecule has 7 heteroatoms. The molecule has 0 aliphatic heterocycles. The maximum absolute atomic E-state index is 12.3. The van der Waals surface area contributed by atoms with E-state index >= 15 is 0 Å². The van der Waals surface area contributed by atoms with Crippen molar-refractivity contribution in [1.82, 2.24) is 14.9 Å². The molecule has 0 saturated heterocycles. The van der Waals surface area contributed by atoms with Gasteiger partial charge in [-0.1, -0.05) is 23.9 Å². The van der Waals surface area contributed by atoms with Crippen LogP contribution in [0.3, 0.4) is 0 Å². The summed E-state index contributed by atoms with van der Waals surface area (Å²) >= 11 is 1.28. The summed E-state index contributed by atoms with van der Waals surface area (Å²) in [6.07, 6.45) is 0. The van der Waals surface area contributed by atoms with Gasteiger partial charge in [-0.2, -0.15) is 0 Å². The quantitative estimate of drug-likeness (QED) is 0.667. The van der Waals surface area contributed by atoms with Gasteiger partial charge >= 0.3 is 0 Å². The van der Waals surface area contributed by atoms with Gasteiger partial charge in [0, 0.05) is 5.69 Å². The number of amides is 1. The molecule has 112 valence electrons. The molecule has 1 unspecified atom stereocenters. The van der Waals surface area contributed by atoms with Gasteiger partial charge in [-0.05, 0) is 44.9 Å². The smallest absolute Gasteiger partial charge is 0.237 e. The van der Waals surface area contributed by atoms with Crippen LogP contribution in [0.25, 0.3) is 0 Å². The highest BCUT2D eigenvalue weighted by Crippen LogP contribution is 2.23. The number of hydrogen-bond donors (Lipinski definition) is 2. The Bertz CT molecular complexity index is 667. The molecule has 2 rings (SSSR count). The predicted octanol–water partition coefficient (Wildman–Crippen LogP) is 2.04. The minimum absolute atomic E-state index is 0.0886. The molecule has 0 aliphatic rings. The van der Waals surface area contributed by atoms with E-state index in [2.05, 4.69) is 15.5 Å². The Labute approximate surface area is 128 Å². The van der Waals surface area contributed by atoms with Crippen LogP contribution in [-0.4, -0.2) is 26.0 Å². The Morgan fingerprint density at radius 1 is 1.33 bits per heavy atom. The molecule has 1 aromatic heterocycles. The maximum atomic E-state index is 12.3. The van der Waals surface area contributed by atoms with Crippen molar-refractivity contribution in [3.63, 3.8) is 0 Å². The lowest BCUT2D eigenvalue weighted by molar-refractivity contribution is -0.115. The molecule has 2 aromatic rings. The number of aryl methyl sites for hydroxylation is 3. The molecule has 21 heavy (non-hydrogen) atoms. The molecule has 1 atom stereocenters. The minimum Gasteiger partial charge on any atom is -0.336 e. The van der Waals surface area contributed by atoms with E-state index in [4.69, 9.17) is 5.84 Å². The fourth-order valence-corrected chi connectivity index (χ4v) is 2.56. The van der Waals surface area contributed by atoms with Crippen LogP contribution < -0.4 is 11.2 Å². The summed E-state index contributed by atoms with van der Waals surface area (Å²) in [4.78, 5) is 12.3. The van der Waals surface area contributed by atoms with E-state index in [9.17, 15) is 4.79 Å². The maximum Gasteiger partial charge on any atom is 0.237 e. The van der Waals surface area contributed by atoms with E-state index in [-0.39, 0.29) is 11.2 Å². The molecule has 0 aliphatic carbocycles. The van der Waals surface area contributed by atoms with Crippen LogP contribution in [0, 0.1) is 20.8 Å². The van der Waals surface area contributed by atoms with Gasteiger partial charge in [-0.15, -0.1) is 10.2 Å². The SMILES string of the molecule is Cc1ccc(C)c(NC(=O)C(C)Sc2nnc(C)n2N)c1. The topological polar surface area (TPSA) is 85.8 Å². The molecule has 0 fully saturated rings. The number of nitrogens with one attached hydrogen (secondary N) is 1. The largest absolute Gasteiger partial charge is 0.336 e. The van der Waals surface area contributed by atoms with Crippen molar-refractivity contribution < 1.29 is 4.79 Å². The fourth-order valence-electron chi connectivity index (χ4n) is 1.75. The summed E-state index contributed by atoms with van der Waals surface area (Å²) in [6.45, 7) is 7.53. The number of carbonyl (C=O) groups excluding carboxylic acids is 1. The first kappa shape index (κ1) is 15.4. The zero-order chi connectivity index (χ0) is 15.6. The Hall–Kier alpha value is -2.02. The van der Waals surface area contributed by atoms with Crippen molar-refractivity contribution in [2.45, 2.75) is 38.1 Å². The van der Waals surface area contributed by atoms with Gasteiger partial charge in [0.2, 0.25) is 11.1 Å². The standard InChI is InChI=1S/C14H19N5OS/c1-8-5-6-9(2)12(7-8)16-13(20)10(3)21-14-18-17-11(4)19(14)15/h5-7,10H,15H2,1-4H3,(H,16,20). The molecule has 0 spiro atoms. The molecule has 1 amide bonds. The highest BCUT2D eigenvalue weighted by molar-refractivity contribution is 8.00. The Morgan fingerprint density at radius 3 is 2.67 bits per heavy atom. The van der Waals surface area contributed by atoms with Crippen LogP contribution in [0.2, 0.25) is 0 Å². The van der Waals surface area contributed by atoms with Gasteiger partial charge in [0.25, 0.3) is 0 Å². The first-order valence-corrected chi connectivity index (χ1v) is 7.48. The number of aromatic nitrogens is 3. The molecular formula is C14H19N5OS. The molecule has 1 heterocycles. The van der Waals surface area contributed by atoms with Crippen molar-refractivity contribution in [2.75, 3.05) is 11.2 Å². The first-order valence-electron chi connectivity index (χ1n) is 6.60. The van der Waals surface area contributed by atoms with Crippen LogP contribution >= 0.6 is 11.8 Å². The summed E-state index contributed by atoms with van der Waals surface area (Å²) in [6, 6.07) is 5.96. The predicted molar refractivity (Wildman–Crippen MR) is 84.8 cm³/mol. The average molecular weight is 305 g/mol. The Kier molecular flexibility index (Phi) is 4.52. The Morgan fingerprint density at radius 2 is 2.05 bits per heavy atom. The fraction of sp³-hybridized carbons (Fsp3) is 0.357. The second-order valence-corrected chi connectivity index (χ2v) is 6.28. The number of carbonyl (C=O) groups is 1. The average Bonchev–Trinajstić information content (AvgIpc) is 2.74. The molecule has 6 nitrogen and oxygen atoms in total. The normalized spacial score (nSPS) is 12.2. The summed E-state index contributed by atoms with van der Waals surface area (Å²) in [5.41, 5.74) is 2.97. The van der Waals surface area contributed by atoms with Crippen LogP contribution in [-0.2, 0) is 4.79 Å². The zero-order valence-electron chi connectivity index (χ0n) is 12.5. The lowest BCUT2D eigenvalue weighted by Gasteiger charge is -2.13. The summed E-state index contributed by atoms with van der Waals surface area (Å²) in [5, 5.41) is 11.0. The lowest BCUT2D eigenvalue weighted by atomic mass is 10.1. The molecule has 0 saturated carbocycles. The number of nitrogens with two attached hydrogens (primary N) is 1. The second-order valence-electron chi connectivity index (χ2n) is 4.97. The molecular weight excluding hydrogens is 286 g/mol. The highest BCUT2D eigenvalue weighted by Gasteiger charge is 2.19.